The second-order valence-corrected chi connectivity index (χ2v) is 8.66. The number of anilines is 1. The van der Waals surface area contributed by atoms with E-state index in [0.29, 0.717) is 23.9 Å². The number of pyridine rings is 1. The molecule has 1 amide bonds. The van der Waals surface area contributed by atoms with Gasteiger partial charge in [-0.1, -0.05) is 26.7 Å². The number of aryl methyl sites for hydroxylation is 1. The summed E-state index contributed by atoms with van der Waals surface area (Å²) in [7, 11) is 0. The van der Waals surface area contributed by atoms with Crippen molar-refractivity contribution in [1.82, 2.24) is 4.57 Å². The van der Waals surface area contributed by atoms with E-state index >= 15 is 0 Å². The van der Waals surface area contributed by atoms with Crippen LogP contribution in [0.1, 0.15) is 74.5 Å². The summed E-state index contributed by atoms with van der Waals surface area (Å²) in [6, 6.07) is 8.33. The number of benzene rings is 1. The predicted octanol–water partition coefficient (Wildman–Crippen LogP) is 4.73. The number of amides is 1. The highest BCUT2D eigenvalue weighted by molar-refractivity contribution is 6.04. The average Bonchev–Trinajstić information content (AvgIpc) is 2.69. The van der Waals surface area contributed by atoms with Gasteiger partial charge < -0.3 is 14.6 Å². The third-order valence-electron chi connectivity index (χ3n) is 5.65. The molecule has 0 aliphatic heterocycles. The molecule has 1 aliphatic carbocycles. The van der Waals surface area contributed by atoms with Crippen molar-refractivity contribution in [2.75, 3.05) is 5.32 Å². The molecule has 31 heavy (non-hydrogen) atoms. The van der Waals surface area contributed by atoms with Gasteiger partial charge in [0.1, 0.15) is 11.3 Å². The van der Waals surface area contributed by atoms with Crippen LogP contribution in [0.3, 0.4) is 0 Å². The molecule has 3 rings (SSSR count). The van der Waals surface area contributed by atoms with Crippen molar-refractivity contribution < 1.29 is 14.3 Å². The summed E-state index contributed by atoms with van der Waals surface area (Å²) in [4.78, 5) is 37.4. The molecule has 6 nitrogen and oxygen atoms in total. The van der Waals surface area contributed by atoms with Crippen molar-refractivity contribution in [1.29, 1.82) is 0 Å². The van der Waals surface area contributed by atoms with Gasteiger partial charge in [-0.15, -0.1) is 0 Å². The second kappa shape index (κ2) is 10.4. The Morgan fingerprint density at radius 3 is 2.39 bits per heavy atom. The summed E-state index contributed by atoms with van der Waals surface area (Å²) in [6.45, 7) is 6.26. The lowest BCUT2D eigenvalue weighted by Crippen LogP contribution is -2.33. The van der Waals surface area contributed by atoms with Gasteiger partial charge in [0.2, 0.25) is 0 Å². The molecule has 0 fully saturated rings. The molecule has 1 N–H and O–H groups in total. The first kappa shape index (κ1) is 22.8. The molecule has 0 atom stereocenters. The molecule has 1 heterocycles. The number of ether oxygens (including phenoxy) is 1. The quantitative estimate of drug-likeness (QED) is 0.537. The van der Waals surface area contributed by atoms with Gasteiger partial charge in [-0.3, -0.25) is 14.4 Å². The lowest BCUT2D eigenvalue weighted by atomic mass is 9.95. The Bertz CT molecular complexity index is 990. The maximum Gasteiger partial charge on any atom is 0.308 e. The van der Waals surface area contributed by atoms with Gasteiger partial charge in [-0.2, -0.15) is 0 Å². The van der Waals surface area contributed by atoms with Crippen molar-refractivity contribution in [2.24, 2.45) is 5.92 Å². The maximum atomic E-state index is 13.3. The number of carbonyl (C=O) groups excluding carboxylic acids is 2. The van der Waals surface area contributed by atoms with Gasteiger partial charge in [-0.05, 0) is 73.9 Å². The Hall–Kier alpha value is -2.89. The summed E-state index contributed by atoms with van der Waals surface area (Å²) in [5.41, 5.74) is 2.74. The Kier molecular flexibility index (Phi) is 7.66. The number of hydrogen-bond donors (Lipinski definition) is 1. The van der Waals surface area contributed by atoms with Gasteiger partial charge in [0.15, 0.2) is 0 Å². The third kappa shape index (κ3) is 6.06. The van der Waals surface area contributed by atoms with E-state index in [0.717, 1.165) is 43.4 Å². The van der Waals surface area contributed by atoms with Gasteiger partial charge in [0, 0.05) is 24.8 Å². The van der Waals surface area contributed by atoms with Crippen LogP contribution >= 0.6 is 0 Å². The molecule has 0 saturated carbocycles. The van der Waals surface area contributed by atoms with Crippen molar-refractivity contribution >= 4 is 17.6 Å². The highest BCUT2D eigenvalue weighted by Gasteiger charge is 2.20. The van der Waals surface area contributed by atoms with Gasteiger partial charge in [-0.25, -0.2) is 0 Å². The van der Waals surface area contributed by atoms with Crippen molar-refractivity contribution in [3.05, 3.63) is 57.5 Å². The topological polar surface area (TPSA) is 77.4 Å². The number of esters is 1. The fourth-order valence-electron chi connectivity index (χ4n) is 3.99. The highest BCUT2D eigenvalue weighted by Crippen LogP contribution is 2.22. The van der Waals surface area contributed by atoms with Crippen molar-refractivity contribution in [3.8, 4) is 5.75 Å². The van der Waals surface area contributed by atoms with Crippen LogP contribution in [0, 0.1) is 5.92 Å². The largest absolute Gasteiger partial charge is 0.427 e. The molecule has 0 radical (unpaired) electrons. The fourth-order valence-corrected chi connectivity index (χ4v) is 3.99. The summed E-state index contributed by atoms with van der Waals surface area (Å²) >= 11 is 0. The predicted molar refractivity (Wildman–Crippen MR) is 122 cm³/mol. The molecular formula is C25H32N2O4. The van der Waals surface area contributed by atoms with E-state index in [-0.39, 0.29) is 11.1 Å². The van der Waals surface area contributed by atoms with Gasteiger partial charge in [0.05, 0.1) is 0 Å². The summed E-state index contributed by atoms with van der Waals surface area (Å²) in [5.74, 6) is 0.0693. The van der Waals surface area contributed by atoms with E-state index in [9.17, 15) is 14.4 Å². The van der Waals surface area contributed by atoms with Crippen LogP contribution in [0.25, 0.3) is 0 Å². The zero-order valence-corrected chi connectivity index (χ0v) is 18.7. The molecular weight excluding hydrogens is 392 g/mol. The summed E-state index contributed by atoms with van der Waals surface area (Å²) < 4.78 is 6.87. The third-order valence-corrected chi connectivity index (χ3v) is 5.65. The van der Waals surface area contributed by atoms with E-state index in [1.54, 1.807) is 30.3 Å². The number of carbonyl (C=O) groups is 2. The van der Waals surface area contributed by atoms with Crippen LogP contribution in [0.15, 0.2) is 35.1 Å². The zero-order valence-electron chi connectivity index (χ0n) is 18.7. The smallest absolute Gasteiger partial charge is 0.308 e. The second-order valence-electron chi connectivity index (χ2n) is 8.66. The van der Waals surface area contributed by atoms with Gasteiger partial charge in [0.25, 0.3) is 11.5 Å². The first-order chi connectivity index (χ1) is 14.8. The minimum absolute atomic E-state index is 0.187. The average molecular weight is 425 g/mol. The van der Waals surface area contributed by atoms with E-state index in [1.807, 2.05) is 4.57 Å². The van der Waals surface area contributed by atoms with E-state index in [1.165, 1.54) is 19.8 Å². The fraction of sp³-hybridized carbons (Fsp3) is 0.480. The minimum Gasteiger partial charge on any atom is -0.427 e. The molecule has 0 saturated heterocycles. The normalized spacial score (nSPS) is 13.8. The SMILES string of the molecule is CC(=O)Oc1ccc(NC(=O)c2cc3c(n(CCC(C)C)c2=O)CCCCCC3)cc1. The van der Waals surface area contributed by atoms with E-state index in [4.69, 9.17) is 4.74 Å². The Labute approximate surface area is 183 Å². The Balaban J connectivity index is 1.90. The Morgan fingerprint density at radius 1 is 1.06 bits per heavy atom. The maximum absolute atomic E-state index is 13.3. The number of hydrogen-bond acceptors (Lipinski definition) is 4. The Morgan fingerprint density at radius 2 is 1.74 bits per heavy atom. The monoisotopic (exact) mass is 424 g/mol. The highest BCUT2D eigenvalue weighted by atomic mass is 16.5. The first-order valence-corrected chi connectivity index (χ1v) is 11.2. The van der Waals surface area contributed by atoms with Crippen LogP contribution in [0.4, 0.5) is 5.69 Å². The van der Waals surface area contributed by atoms with Crippen LogP contribution in [-0.2, 0) is 24.2 Å². The molecule has 6 heteroatoms. The summed E-state index contributed by atoms with van der Waals surface area (Å²) in [5, 5.41) is 2.81. The number of rotatable bonds is 6. The van der Waals surface area contributed by atoms with Crippen LogP contribution in [-0.4, -0.2) is 16.4 Å². The standard InChI is InChI=1S/C25H32N2O4/c1-17(2)14-15-27-23-9-7-5-4-6-8-19(23)16-22(25(27)30)24(29)26-20-10-12-21(13-11-20)31-18(3)28/h10-13,16-17H,4-9,14-15H2,1-3H3,(H,26,29). The number of nitrogens with zero attached hydrogens (tertiary/aromatic N) is 1. The number of nitrogens with one attached hydrogen (secondary N) is 1. The zero-order chi connectivity index (χ0) is 22.4. The van der Waals surface area contributed by atoms with E-state index in [2.05, 4.69) is 19.2 Å². The lowest BCUT2D eigenvalue weighted by Gasteiger charge is -2.21. The van der Waals surface area contributed by atoms with Crippen LogP contribution in [0.2, 0.25) is 0 Å². The van der Waals surface area contributed by atoms with Gasteiger partial charge >= 0.3 is 5.97 Å². The molecule has 166 valence electrons. The molecule has 1 aromatic heterocycles. The molecule has 1 aromatic carbocycles. The van der Waals surface area contributed by atoms with Crippen LogP contribution < -0.4 is 15.6 Å². The molecule has 2 aromatic rings. The van der Waals surface area contributed by atoms with Crippen molar-refractivity contribution in [2.45, 2.75) is 72.3 Å². The molecule has 0 bridgehead atoms. The molecule has 0 unspecified atom stereocenters. The summed E-state index contributed by atoms with van der Waals surface area (Å²) in [6.07, 6.45) is 7.21. The molecule has 0 spiro atoms. The first-order valence-electron chi connectivity index (χ1n) is 11.2. The van der Waals surface area contributed by atoms with Crippen molar-refractivity contribution in [3.63, 3.8) is 0 Å². The minimum atomic E-state index is -0.409. The van der Waals surface area contributed by atoms with E-state index < -0.39 is 11.9 Å². The number of aromatic nitrogens is 1. The number of fused-ring (bicyclic) bond motifs is 1. The van der Waals surface area contributed by atoms with Crippen LogP contribution in [0.5, 0.6) is 5.75 Å². The molecule has 1 aliphatic rings. The lowest BCUT2D eigenvalue weighted by molar-refractivity contribution is -0.131.